The lowest BCUT2D eigenvalue weighted by molar-refractivity contribution is -0.121. The first-order chi connectivity index (χ1) is 12.0. The molecule has 1 aliphatic rings. The van der Waals surface area contributed by atoms with E-state index in [1.165, 1.54) is 31.5 Å². The van der Waals surface area contributed by atoms with E-state index in [4.69, 9.17) is 4.74 Å². The van der Waals surface area contributed by atoms with Crippen molar-refractivity contribution < 1.29 is 9.53 Å². The first-order valence-corrected chi connectivity index (χ1v) is 9.73. The van der Waals surface area contributed by atoms with Gasteiger partial charge in [-0.05, 0) is 75.7 Å². The predicted molar refractivity (Wildman–Crippen MR) is 103 cm³/mol. The van der Waals surface area contributed by atoms with Gasteiger partial charge in [-0.2, -0.15) is 0 Å². The zero-order chi connectivity index (χ0) is 18.1. The number of piperidine rings is 1. The third-order valence-electron chi connectivity index (χ3n) is 5.03. The Morgan fingerprint density at radius 1 is 1.24 bits per heavy atom. The van der Waals surface area contributed by atoms with Crippen molar-refractivity contribution in [3.63, 3.8) is 0 Å². The number of likely N-dealkylation sites (tertiary alicyclic amines) is 1. The lowest BCUT2D eigenvalue weighted by atomic mass is 9.99. The summed E-state index contributed by atoms with van der Waals surface area (Å²) in [6.07, 6.45) is 4.94. The molecule has 1 aromatic rings. The smallest absolute Gasteiger partial charge is 0.220 e. The number of rotatable bonds is 9. The Kier molecular flexibility index (Phi) is 8.26. The normalized spacial score (nSPS) is 16.0. The molecule has 4 heteroatoms. The van der Waals surface area contributed by atoms with E-state index >= 15 is 0 Å². The van der Waals surface area contributed by atoms with Crippen molar-refractivity contribution in [2.24, 2.45) is 5.92 Å². The van der Waals surface area contributed by atoms with Gasteiger partial charge in [-0.3, -0.25) is 4.79 Å². The summed E-state index contributed by atoms with van der Waals surface area (Å²) in [6, 6.07) is 6.25. The molecular formula is C21H34N2O2. The van der Waals surface area contributed by atoms with Crippen LogP contribution in [0.5, 0.6) is 5.75 Å². The molecule has 0 spiro atoms. The molecule has 0 aromatic heterocycles. The highest BCUT2D eigenvalue weighted by Crippen LogP contribution is 2.19. The van der Waals surface area contributed by atoms with E-state index in [1.807, 2.05) is 0 Å². The summed E-state index contributed by atoms with van der Waals surface area (Å²) >= 11 is 0. The fourth-order valence-electron chi connectivity index (χ4n) is 3.16. The topological polar surface area (TPSA) is 41.6 Å². The SMILES string of the molecule is Cc1ccc(C)c(OCCCCC(=O)NCCN2CCC(C)CC2)c1. The molecule has 1 saturated heterocycles. The fraction of sp³-hybridized carbons (Fsp3) is 0.667. The van der Waals surface area contributed by atoms with Crippen LogP contribution in [0.4, 0.5) is 0 Å². The zero-order valence-electron chi connectivity index (χ0n) is 16.1. The molecule has 1 aliphatic heterocycles. The molecule has 1 amide bonds. The van der Waals surface area contributed by atoms with Crippen LogP contribution in [-0.2, 0) is 4.79 Å². The number of carbonyl (C=O) groups excluding carboxylic acids is 1. The molecular weight excluding hydrogens is 312 g/mol. The van der Waals surface area contributed by atoms with Crippen LogP contribution >= 0.6 is 0 Å². The van der Waals surface area contributed by atoms with E-state index in [2.05, 4.69) is 49.2 Å². The number of nitrogens with one attached hydrogen (secondary N) is 1. The molecule has 0 aliphatic carbocycles. The third-order valence-corrected chi connectivity index (χ3v) is 5.03. The average Bonchev–Trinajstić information content (AvgIpc) is 2.59. The lowest BCUT2D eigenvalue weighted by Crippen LogP contribution is -2.39. The highest BCUT2D eigenvalue weighted by atomic mass is 16.5. The summed E-state index contributed by atoms with van der Waals surface area (Å²) in [5.74, 6) is 1.98. The lowest BCUT2D eigenvalue weighted by Gasteiger charge is -2.30. The van der Waals surface area contributed by atoms with E-state index in [1.54, 1.807) is 0 Å². The highest BCUT2D eigenvalue weighted by Gasteiger charge is 2.15. The number of hydrogen-bond donors (Lipinski definition) is 1. The van der Waals surface area contributed by atoms with E-state index in [0.29, 0.717) is 13.0 Å². The summed E-state index contributed by atoms with van der Waals surface area (Å²) in [5, 5.41) is 3.04. The molecule has 140 valence electrons. The minimum Gasteiger partial charge on any atom is -0.493 e. The Morgan fingerprint density at radius 2 is 2.00 bits per heavy atom. The van der Waals surface area contributed by atoms with E-state index in [-0.39, 0.29) is 5.91 Å². The van der Waals surface area contributed by atoms with Crippen molar-refractivity contribution in [1.29, 1.82) is 0 Å². The van der Waals surface area contributed by atoms with Crippen LogP contribution in [0.3, 0.4) is 0 Å². The second-order valence-electron chi connectivity index (χ2n) is 7.45. The van der Waals surface area contributed by atoms with Gasteiger partial charge in [-0.15, -0.1) is 0 Å². The number of benzene rings is 1. The van der Waals surface area contributed by atoms with Gasteiger partial charge in [0.1, 0.15) is 5.75 Å². The van der Waals surface area contributed by atoms with Crippen LogP contribution in [-0.4, -0.2) is 43.6 Å². The van der Waals surface area contributed by atoms with Crippen molar-refractivity contribution >= 4 is 5.91 Å². The summed E-state index contributed by atoms with van der Waals surface area (Å²) in [5.41, 5.74) is 2.37. The van der Waals surface area contributed by atoms with E-state index in [0.717, 1.165) is 43.2 Å². The summed E-state index contributed by atoms with van der Waals surface area (Å²) in [6.45, 7) is 11.2. The molecule has 1 heterocycles. The van der Waals surface area contributed by atoms with Gasteiger partial charge < -0.3 is 15.0 Å². The van der Waals surface area contributed by atoms with Gasteiger partial charge in [0.15, 0.2) is 0 Å². The van der Waals surface area contributed by atoms with Gasteiger partial charge >= 0.3 is 0 Å². The van der Waals surface area contributed by atoms with Crippen LogP contribution < -0.4 is 10.1 Å². The van der Waals surface area contributed by atoms with Crippen LogP contribution in [0.15, 0.2) is 18.2 Å². The number of amides is 1. The molecule has 1 fully saturated rings. The molecule has 0 saturated carbocycles. The standard InChI is InChI=1S/C21H34N2O2/c1-17-9-12-23(13-10-17)14-11-22-21(24)6-4-5-15-25-20-16-18(2)7-8-19(20)3/h7-8,16-17H,4-6,9-15H2,1-3H3,(H,22,24). The van der Waals surface area contributed by atoms with Crippen molar-refractivity contribution in [1.82, 2.24) is 10.2 Å². The number of hydrogen-bond acceptors (Lipinski definition) is 3. The molecule has 1 aromatic carbocycles. The van der Waals surface area contributed by atoms with Gasteiger partial charge in [0.05, 0.1) is 6.61 Å². The van der Waals surface area contributed by atoms with Crippen LogP contribution in [0.25, 0.3) is 0 Å². The molecule has 0 radical (unpaired) electrons. The first kappa shape index (κ1) is 19.8. The Labute approximate surface area is 152 Å². The van der Waals surface area contributed by atoms with Crippen molar-refractivity contribution in [2.45, 2.75) is 52.9 Å². The van der Waals surface area contributed by atoms with Crippen LogP contribution in [0, 0.1) is 19.8 Å². The maximum Gasteiger partial charge on any atom is 0.220 e. The monoisotopic (exact) mass is 346 g/mol. The number of aryl methyl sites for hydroxylation is 2. The minimum atomic E-state index is 0.164. The maximum absolute atomic E-state index is 11.9. The zero-order valence-corrected chi connectivity index (χ0v) is 16.1. The Hall–Kier alpha value is -1.55. The number of nitrogens with zero attached hydrogens (tertiary/aromatic N) is 1. The molecule has 0 unspecified atom stereocenters. The van der Waals surface area contributed by atoms with Crippen molar-refractivity contribution in [2.75, 3.05) is 32.8 Å². The third kappa shape index (κ3) is 7.47. The second kappa shape index (κ2) is 10.4. The maximum atomic E-state index is 11.9. The Morgan fingerprint density at radius 3 is 2.76 bits per heavy atom. The average molecular weight is 347 g/mol. The van der Waals surface area contributed by atoms with Gasteiger partial charge in [0.25, 0.3) is 0 Å². The van der Waals surface area contributed by atoms with Crippen LogP contribution in [0.1, 0.15) is 50.2 Å². The molecule has 0 atom stereocenters. The van der Waals surface area contributed by atoms with Crippen molar-refractivity contribution in [3.8, 4) is 5.75 Å². The van der Waals surface area contributed by atoms with E-state index < -0.39 is 0 Å². The molecule has 2 rings (SSSR count). The summed E-state index contributed by atoms with van der Waals surface area (Å²) in [4.78, 5) is 14.4. The summed E-state index contributed by atoms with van der Waals surface area (Å²) < 4.78 is 5.83. The van der Waals surface area contributed by atoms with Gasteiger partial charge in [0, 0.05) is 19.5 Å². The van der Waals surface area contributed by atoms with Crippen LogP contribution in [0.2, 0.25) is 0 Å². The fourth-order valence-corrected chi connectivity index (χ4v) is 3.16. The molecule has 1 N–H and O–H groups in total. The van der Waals surface area contributed by atoms with Crippen molar-refractivity contribution in [3.05, 3.63) is 29.3 Å². The molecule has 25 heavy (non-hydrogen) atoms. The largest absolute Gasteiger partial charge is 0.493 e. The van der Waals surface area contributed by atoms with E-state index in [9.17, 15) is 4.79 Å². The van der Waals surface area contributed by atoms with Gasteiger partial charge in [0.2, 0.25) is 5.91 Å². The Bertz CT molecular complexity index is 537. The number of unbranched alkanes of at least 4 members (excludes halogenated alkanes) is 1. The minimum absolute atomic E-state index is 0.164. The van der Waals surface area contributed by atoms with Gasteiger partial charge in [-0.1, -0.05) is 19.1 Å². The highest BCUT2D eigenvalue weighted by molar-refractivity contribution is 5.75. The first-order valence-electron chi connectivity index (χ1n) is 9.73. The predicted octanol–water partition coefficient (Wildman–Crippen LogP) is 3.70. The number of carbonyl (C=O) groups is 1. The number of ether oxygens (including phenoxy) is 1. The molecule has 0 bridgehead atoms. The molecule has 4 nitrogen and oxygen atoms in total. The van der Waals surface area contributed by atoms with Gasteiger partial charge in [-0.25, -0.2) is 0 Å². The summed E-state index contributed by atoms with van der Waals surface area (Å²) in [7, 11) is 0. The quantitative estimate of drug-likeness (QED) is 0.693. The Balaban J connectivity index is 1.50. The second-order valence-corrected chi connectivity index (χ2v) is 7.45.